The molecular formula is C11H6Br2FN. The molecule has 0 N–H and O–H groups in total. The summed E-state index contributed by atoms with van der Waals surface area (Å²) in [6, 6.07) is 8.46. The van der Waals surface area contributed by atoms with E-state index in [4.69, 9.17) is 0 Å². The van der Waals surface area contributed by atoms with Gasteiger partial charge in [0.05, 0.1) is 5.69 Å². The van der Waals surface area contributed by atoms with E-state index in [-0.39, 0.29) is 5.82 Å². The van der Waals surface area contributed by atoms with Crippen molar-refractivity contribution in [3.63, 3.8) is 0 Å². The van der Waals surface area contributed by atoms with Crippen molar-refractivity contribution in [2.24, 2.45) is 0 Å². The Hall–Kier alpha value is -0.740. The van der Waals surface area contributed by atoms with Crippen LogP contribution >= 0.6 is 31.9 Å². The van der Waals surface area contributed by atoms with E-state index < -0.39 is 0 Å². The lowest BCUT2D eigenvalue weighted by atomic mass is 10.1. The smallest absolute Gasteiger partial charge is 0.125 e. The summed E-state index contributed by atoms with van der Waals surface area (Å²) in [6.07, 6.45) is 1.71. The summed E-state index contributed by atoms with van der Waals surface area (Å²) in [5.74, 6) is -0.284. The normalized spacial score (nSPS) is 10.3. The minimum absolute atomic E-state index is 0.284. The molecule has 1 aromatic carbocycles. The summed E-state index contributed by atoms with van der Waals surface area (Å²) in [5.41, 5.74) is 1.66. The second kappa shape index (κ2) is 4.41. The van der Waals surface area contributed by atoms with Crippen LogP contribution in [0.5, 0.6) is 0 Å². The number of aromatic nitrogens is 1. The van der Waals surface area contributed by atoms with Gasteiger partial charge in [-0.3, -0.25) is 4.98 Å². The molecule has 1 aromatic heterocycles. The van der Waals surface area contributed by atoms with Gasteiger partial charge >= 0.3 is 0 Å². The van der Waals surface area contributed by atoms with Gasteiger partial charge in [-0.2, -0.15) is 0 Å². The molecule has 0 radical (unpaired) electrons. The van der Waals surface area contributed by atoms with Gasteiger partial charge in [-0.05, 0) is 56.1 Å². The zero-order valence-corrected chi connectivity index (χ0v) is 10.7. The van der Waals surface area contributed by atoms with Crippen molar-refractivity contribution < 1.29 is 4.39 Å². The largest absolute Gasteiger partial charge is 0.256 e. The topological polar surface area (TPSA) is 12.9 Å². The van der Waals surface area contributed by atoms with Crippen LogP contribution in [0.25, 0.3) is 11.3 Å². The summed E-state index contributed by atoms with van der Waals surface area (Å²) in [7, 11) is 0. The third-order valence-corrected chi connectivity index (χ3v) is 3.18. The Bertz CT molecular complexity index is 462. The number of hydrogen-bond donors (Lipinski definition) is 0. The van der Waals surface area contributed by atoms with Gasteiger partial charge in [0.25, 0.3) is 0 Å². The summed E-state index contributed by atoms with van der Waals surface area (Å²) < 4.78 is 14.4. The molecular weight excluding hydrogens is 325 g/mol. The molecule has 76 valence electrons. The third-order valence-electron chi connectivity index (χ3n) is 1.93. The molecule has 0 spiro atoms. The number of benzene rings is 1. The van der Waals surface area contributed by atoms with E-state index in [0.717, 1.165) is 11.3 Å². The number of hydrogen-bond acceptors (Lipinski definition) is 1. The van der Waals surface area contributed by atoms with Crippen molar-refractivity contribution in [1.82, 2.24) is 4.98 Å². The van der Waals surface area contributed by atoms with Gasteiger partial charge in [0, 0.05) is 20.7 Å². The van der Waals surface area contributed by atoms with E-state index in [1.54, 1.807) is 6.20 Å². The maximum atomic E-state index is 13.0. The lowest BCUT2D eigenvalue weighted by Crippen LogP contribution is -1.87. The van der Waals surface area contributed by atoms with E-state index in [0.29, 0.717) is 8.95 Å². The van der Waals surface area contributed by atoms with Gasteiger partial charge < -0.3 is 0 Å². The molecule has 0 bridgehead atoms. The standard InChI is InChI=1S/C11H6Br2FN/c12-8-5-7(14)6-9(13)11(8)10-3-1-2-4-15-10/h1-6H. The fourth-order valence-electron chi connectivity index (χ4n) is 1.30. The SMILES string of the molecule is Fc1cc(Br)c(-c2ccccn2)c(Br)c1. The first kappa shape index (κ1) is 10.8. The second-order valence-electron chi connectivity index (χ2n) is 2.96. The Balaban J connectivity index is 2.64. The second-order valence-corrected chi connectivity index (χ2v) is 4.67. The highest BCUT2D eigenvalue weighted by molar-refractivity contribution is 9.11. The van der Waals surface area contributed by atoms with Gasteiger partial charge in [0.1, 0.15) is 5.82 Å². The molecule has 15 heavy (non-hydrogen) atoms. The summed E-state index contributed by atoms with van der Waals surface area (Å²) >= 11 is 6.65. The molecule has 2 aromatic rings. The lowest BCUT2D eigenvalue weighted by molar-refractivity contribution is 0.626. The molecule has 0 aliphatic heterocycles. The fraction of sp³-hybridized carbons (Fsp3) is 0. The highest BCUT2D eigenvalue weighted by Crippen LogP contribution is 2.34. The maximum absolute atomic E-state index is 13.0. The highest BCUT2D eigenvalue weighted by atomic mass is 79.9. The van der Waals surface area contributed by atoms with E-state index >= 15 is 0 Å². The average molecular weight is 331 g/mol. The Morgan fingerprint density at radius 1 is 1.07 bits per heavy atom. The van der Waals surface area contributed by atoms with Crippen LogP contribution in [0.1, 0.15) is 0 Å². The first-order valence-corrected chi connectivity index (χ1v) is 5.83. The van der Waals surface area contributed by atoms with Crippen molar-refractivity contribution in [2.75, 3.05) is 0 Å². The number of halogens is 3. The van der Waals surface area contributed by atoms with Crippen LogP contribution in [-0.4, -0.2) is 4.98 Å². The predicted molar refractivity (Wildman–Crippen MR) is 65.0 cm³/mol. The monoisotopic (exact) mass is 329 g/mol. The fourth-order valence-corrected chi connectivity index (χ4v) is 2.83. The molecule has 0 aliphatic rings. The van der Waals surface area contributed by atoms with Crippen molar-refractivity contribution in [2.45, 2.75) is 0 Å². The molecule has 0 aliphatic carbocycles. The molecule has 0 saturated heterocycles. The van der Waals surface area contributed by atoms with Crippen molar-refractivity contribution in [3.8, 4) is 11.3 Å². The Labute approximate surface area is 104 Å². The average Bonchev–Trinajstić information content (AvgIpc) is 2.17. The van der Waals surface area contributed by atoms with Crippen LogP contribution < -0.4 is 0 Å². The van der Waals surface area contributed by atoms with Crippen LogP contribution in [0.3, 0.4) is 0 Å². The van der Waals surface area contributed by atoms with Crippen LogP contribution in [0, 0.1) is 5.82 Å². The molecule has 4 heteroatoms. The third kappa shape index (κ3) is 2.26. The van der Waals surface area contributed by atoms with Crippen LogP contribution in [0.15, 0.2) is 45.5 Å². The molecule has 0 saturated carbocycles. The van der Waals surface area contributed by atoms with Gasteiger partial charge in [0.15, 0.2) is 0 Å². The maximum Gasteiger partial charge on any atom is 0.125 e. The first-order chi connectivity index (χ1) is 7.18. The lowest BCUT2D eigenvalue weighted by Gasteiger charge is -2.06. The minimum atomic E-state index is -0.284. The minimum Gasteiger partial charge on any atom is -0.256 e. The van der Waals surface area contributed by atoms with Gasteiger partial charge in [-0.25, -0.2) is 4.39 Å². The Kier molecular flexibility index (Phi) is 3.17. The molecule has 1 heterocycles. The van der Waals surface area contributed by atoms with Gasteiger partial charge in [-0.15, -0.1) is 0 Å². The molecule has 2 rings (SSSR count). The van der Waals surface area contributed by atoms with E-state index in [2.05, 4.69) is 36.8 Å². The molecule has 0 fully saturated rings. The van der Waals surface area contributed by atoms with Crippen molar-refractivity contribution in [3.05, 3.63) is 51.3 Å². The summed E-state index contributed by atoms with van der Waals surface area (Å²) in [6.45, 7) is 0. The highest BCUT2D eigenvalue weighted by Gasteiger charge is 2.10. The van der Waals surface area contributed by atoms with Crippen molar-refractivity contribution in [1.29, 1.82) is 0 Å². The summed E-state index contributed by atoms with van der Waals surface area (Å²) in [5, 5.41) is 0. The van der Waals surface area contributed by atoms with E-state index in [1.807, 2.05) is 18.2 Å². The van der Waals surface area contributed by atoms with E-state index in [9.17, 15) is 4.39 Å². The van der Waals surface area contributed by atoms with Crippen LogP contribution in [0.2, 0.25) is 0 Å². The van der Waals surface area contributed by atoms with E-state index in [1.165, 1.54) is 12.1 Å². The predicted octanol–water partition coefficient (Wildman–Crippen LogP) is 4.41. The summed E-state index contributed by atoms with van der Waals surface area (Å²) in [4.78, 5) is 4.22. The van der Waals surface area contributed by atoms with Crippen LogP contribution in [-0.2, 0) is 0 Å². The Morgan fingerprint density at radius 3 is 2.27 bits per heavy atom. The van der Waals surface area contributed by atoms with Crippen molar-refractivity contribution >= 4 is 31.9 Å². The zero-order valence-electron chi connectivity index (χ0n) is 7.55. The number of rotatable bonds is 1. The van der Waals surface area contributed by atoms with Gasteiger partial charge in [-0.1, -0.05) is 6.07 Å². The number of pyridine rings is 1. The number of nitrogens with zero attached hydrogens (tertiary/aromatic N) is 1. The first-order valence-electron chi connectivity index (χ1n) is 4.24. The molecule has 1 nitrogen and oxygen atoms in total. The molecule has 0 unspecified atom stereocenters. The van der Waals surface area contributed by atoms with Crippen LogP contribution in [0.4, 0.5) is 4.39 Å². The Morgan fingerprint density at radius 2 is 1.73 bits per heavy atom. The molecule has 0 atom stereocenters. The zero-order chi connectivity index (χ0) is 10.8. The molecule has 0 amide bonds. The quantitative estimate of drug-likeness (QED) is 0.754. The van der Waals surface area contributed by atoms with Gasteiger partial charge in [0.2, 0.25) is 0 Å².